The molecule has 0 atom stereocenters. The van der Waals surface area contributed by atoms with Gasteiger partial charge in [0, 0.05) is 35.4 Å². The van der Waals surface area contributed by atoms with Crippen molar-refractivity contribution in [3.8, 4) is 0 Å². The van der Waals surface area contributed by atoms with Crippen LogP contribution in [0, 0.1) is 6.92 Å². The van der Waals surface area contributed by atoms with Crippen LogP contribution in [0.3, 0.4) is 0 Å². The first-order chi connectivity index (χ1) is 10.2. The lowest BCUT2D eigenvalue weighted by Crippen LogP contribution is -2.18. The summed E-state index contributed by atoms with van der Waals surface area (Å²) in [5.74, 6) is 0. The standard InChI is InChI=1S/C18H19N3/c1-3-21(16-7-5-4-6-13(16)2)17-9-8-14-12-20-11-10-15(14)18(17)19/h4-12H,3,19H2,1-2H3. The van der Waals surface area contributed by atoms with E-state index in [9.17, 15) is 0 Å². The van der Waals surface area contributed by atoms with Crippen LogP contribution in [0.4, 0.5) is 17.1 Å². The lowest BCUT2D eigenvalue weighted by molar-refractivity contribution is 1.02. The molecule has 2 aromatic carbocycles. The van der Waals surface area contributed by atoms with Gasteiger partial charge in [0.15, 0.2) is 0 Å². The Kier molecular flexibility index (Phi) is 3.48. The summed E-state index contributed by atoms with van der Waals surface area (Å²) in [4.78, 5) is 6.41. The second-order valence-corrected chi connectivity index (χ2v) is 5.13. The third-order valence-electron chi connectivity index (χ3n) is 3.85. The van der Waals surface area contributed by atoms with E-state index in [1.807, 2.05) is 12.3 Å². The van der Waals surface area contributed by atoms with Crippen molar-refractivity contribution in [3.63, 3.8) is 0 Å². The van der Waals surface area contributed by atoms with E-state index in [1.54, 1.807) is 6.20 Å². The fourth-order valence-electron chi connectivity index (χ4n) is 2.75. The molecule has 3 heteroatoms. The predicted molar refractivity (Wildman–Crippen MR) is 90.0 cm³/mol. The van der Waals surface area contributed by atoms with Crippen molar-refractivity contribution in [1.29, 1.82) is 0 Å². The molecule has 2 N–H and O–H groups in total. The highest BCUT2D eigenvalue weighted by atomic mass is 15.1. The highest BCUT2D eigenvalue weighted by Crippen LogP contribution is 2.36. The number of nitrogens with zero attached hydrogens (tertiary/aromatic N) is 2. The zero-order valence-electron chi connectivity index (χ0n) is 12.4. The fraction of sp³-hybridized carbons (Fsp3) is 0.167. The Morgan fingerprint density at radius 2 is 1.86 bits per heavy atom. The van der Waals surface area contributed by atoms with Gasteiger partial charge in [-0.05, 0) is 37.6 Å². The maximum atomic E-state index is 6.41. The molecule has 0 spiro atoms. The van der Waals surface area contributed by atoms with E-state index in [0.29, 0.717) is 0 Å². The van der Waals surface area contributed by atoms with Crippen molar-refractivity contribution in [2.24, 2.45) is 0 Å². The Morgan fingerprint density at radius 3 is 2.62 bits per heavy atom. The molecule has 0 aliphatic carbocycles. The molecule has 0 saturated carbocycles. The van der Waals surface area contributed by atoms with Crippen molar-refractivity contribution in [1.82, 2.24) is 4.98 Å². The molecule has 3 aromatic rings. The van der Waals surface area contributed by atoms with Gasteiger partial charge in [-0.25, -0.2) is 0 Å². The number of pyridine rings is 1. The van der Waals surface area contributed by atoms with Gasteiger partial charge in [0.25, 0.3) is 0 Å². The molecule has 21 heavy (non-hydrogen) atoms. The van der Waals surface area contributed by atoms with Crippen LogP contribution >= 0.6 is 0 Å². The second-order valence-electron chi connectivity index (χ2n) is 5.13. The monoisotopic (exact) mass is 277 g/mol. The molecule has 1 aromatic heterocycles. The van der Waals surface area contributed by atoms with Gasteiger partial charge in [-0.3, -0.25) is 4.98 Å². The van der Waals surface area contributed by atoms with Crippen molar-refractivity contribution in [2.75, 3.05) is 17.2 Å². The zero-order valence-corrected chi connectivity index (χ0v) is 12.4. The summed E-state index contributed by atoms with van der Waals surface area (Å²) in [5, 5.41) is 2.12. The van der Waals surface area contributed by atoms with E-state index in [-0.39, 0.29) is 0 Å². The van der Waals surface area contributed by atoms with Gasteiger partial charge in [0.05, 0.1) is 11.4 Å². The van der Waals surface area contributed by atoms with Crippen LogP contribution in [0.5, 0.6) is 0 Å². The lowest BCUT2D eigenvalue weighted by atomic mass is 10.1. The van der Waals surface area contributed by atoms with Gasteiger partial charge in [-0.15, -0.1) is 0 Å². The molecular formula is C18H19N3. The fourth-order valence-corrected chi connectivity index (χ4v) is 2.75. The van der Waals surface area contributed by atoms with Gasteiger partial charge >= 0.3 is 0 Å². The molecular weight excluding hydrogens is 258 g/mol. The van der Waals surface area contributed by atoms with Crippen molar-refractivity contribution < 1.29 is 0 Å². The van der Waals surface area contributed by atoms with Gasteiger partial charge in [-0.1, -0.05) is 24.3 Å². The average Bonchev–Trinajstić information content (AvgIpc) is 2.52. The van der Waals surface area contributed by atoms with E-state index < -0.39 is 0 Å². The Balaban J connectivity index is 2.18. The van der Waals surface area contributed by atoms with E-state index in [4.69, 9.17) is 5.73 Å². The number of nitrogen functional groups attached to an aromatic ring is 1. The van der Waals surface area contributed by atoms with Crippen LogP contribution in [-0.4, -0.2) is 11.5 Å². The summed E-state index contributed by atoms with van der Waals surface area (Å²) in [6, 6.07) is 14.5. The van der Waals surface area contributed by atoms with E-state index in [1.165, 1.54) is 11.3 Å². The highest BCUT2D eigenvalue weighted by molar-refractivity contribution is 5.99. The number of nitrogens with two attached hydrogens (primary N) is 1. The predicted octanol–water partition coefficient (Wildman–Crippen LogP) is 4.28. The summed E-state index contributed by atoms with van der Waals surface area (Å²) in [6.45, 7) is 5.13. The number of hydrogen-bond donors (Lipinski definition) is 1. The zero-order chi connectivity index (χ0) is 14.8. The third-order valence-corrected chi connectivity index (χ3v) is 3.85. The minimum atomic E-state index is 0.806. The second kappa shape index (κ2) is 5.44. The summed E-state index contributed by atoms with van der Waals surface area (Å²) in [7, 11) is 0. The number of aryl methyl sites for hydroxylation is 1. The molecule has 0 aliphatic rings. The molecule has 0 unspecified atom stereocenters. The van der Waals surface area contributed by atoms with Gasteiger partial charge in [-0.2, -0.15) is 0 Å². The first-order valence-corrected chi connectivity index (χ1v) is 7.17. The topological polar surface area (TPSA) is 42.2 Å². The number of hydrogen-bond acceptors (Lipinski definition) is 3. The number of aromatic nitrogens is 1. The molecule has 0 amide bonds. The Morgan fingerprint density at radius 1 is 1.05 bits per heavy atom. The maximum Gasteiger partial charge on any atom is 0.0651 e. The average molecular weight is 277 g/mol. The van der Waals surface area contributed by atoms with E-state index in [0.717, 1.165) is 28.7 Å². The smallest absolute Gasteiger partial charge is 0.0651 e. The third kappa shape index (κ3) is 2.31. The summed E-state index contributed by atoms with van der Waals surface area (Å²) >= 11 is 0. The number of fused-ring (bicyclic) bond motifs is 1. The summed E-state index contributed by atoms with van der Waals surface area (Å²) < 4.78 is 0. The minimum Gasteiger partial charge on any atom is -0.397 e. The first-order valence-electron chi connectivity index (χ1n) is 7.17. The Bertz CT molecular complexity index is 780. The largest absolute Gasteiger partial charge is 0.397 e. The van der Waals surface area contributed by atoms with Crippen LogP contribution < -0.4 is 10.6 Å². The van der Waals surface area contributed by atoms with Gasteiger partial charge in [0.1, 0.15) is 0 Å². The molecule has 1 heterocycles. The van der Waals surface area contributed by atoms with Crippen LogP contribution in [0.1, 0.15) is 12.5 Å². The molecule has 106 valence electrons. The Hall–Kier alpha value is -2.55. The van der Waals surface area contributed by atoms with Crippen LogP contribution in [0.25, 0.3) is 10.8 Å². The molecule has 0 aliphatic heterocycles. The number of para-hydroxylation sites is 1. The van der Waals surface area contributed by atoms with E-state index in [2.05, 4.69) is 60.1 Å². The summed E-state index contributed by atoms with van der Waals surface area (Å²) in [5.41, 5.74) is 10.7. The molecule has 0 fully saturated rings. The minimum absolute atomic E-state index is 0.806. The molecule has 0 saturated heterocycles. The normalized spacial score (nSPS) is 10.8. The van der Waals surface area contributed by atoms with Crippen molar-refractivity contribution >= 4 is 27.8 Å². The summed E-state index contributed by atoms with van der Waals surface area (Å²) in [6.07, 6.45) is 3.63. The van der Waals surface area contributed by atoms with Crippen LogP contribution in [0.2, 0.25) is 0 Å². The van der Waals surface area contributed by atoms with Crippen molar-refractivity contribution in [2.45, 2.75) is 13.8 Å². The molecule has 0 bridgehead atoms. The Labute approximate surface area is 125 Å². The number of rotatable bonds is 3. The number of anilines is 3. The number of benzene rings is 2. The molecule has 0 radical (unpaired) electrons. The molecule has 3 nitrogen and oxygen atoms in total. The van der Waals surface area contributed by atoms with E-state index >= 15 is 0 Å². The first kappa shape index (κ1) is 13.4. The SMILES string of the molecule is CCN(c1ccccc1C)c1ccc2cnccc2c1N. The lowest BCUT2D eigenvalue weighted by Gasteiger charge is -2.27. The van der Waals surface area contributed by atoms with Gasteiger partial charge in [0.2, 0.25) is 0 Å². The van der Waals surface area contributed by atoms with Gasteiger partial charge < -0.3 is 10.6 Å². The highest BCUT2D eigenvalue weighted by Gasteiger charge is 2.14. The van der Waals surface area contributed by atoms with Crippen LogP contribution in [0.15, 0.2) is 54.9 Å². The van der Waals surface area contributed by atoms with Crippen molar-refractivity contribution in [3.05, 3.63) is 60.4 Å². The maximum absolute atomic E-state index is 6.41. The molecule has 3 rings (SSSR count). The van der Waals surface area contributed by atoms with Crippen LogP contribution in [-0.2, 0) is 0 Å². The quantitative estimate of drug-likeness (QED) is 0.726.